The summed E-state index contributed by atoms with van der Waals surface area (Å²) in [4.78, 5) is 4.60. The van der Waals surface area contributed by atoms with Gasteiger partial charge in [-0.05, 0) is 30.7 Å². The number of pyridine rings is 1. The summed E-state index contributed by atoms with van der Waals surface area (Å²) in [5, 5.41) is 1.25. The zero-order valence-corrected chi connectivity index (χ0v) is 12.0. The van der Waals surface area contributed by atoms with E-state index in [1.165, 1.54) is 16.5 Å². The number of aromatic nitrogens is 2. The first-order valence-electron chi connectivity index (χ1n) is 6.98. The van der Waals surface area contributed by atoms with Gasteiger partial charge >= 0.3 is 0 Å². The summed E-state index contributed by atoms with van der Waals surface area (Å²) < 4.78 is 8.04. The van der Waals surface area contributed by atoms with E-state index in [9.17, 15) is 0 Å². The Hall–Kier alpha value is -2.68. The molecule has 2 heterocycles. The van der Waals surface area contributed by atoms with E-state index in [4.69, 9.17) is 4.42 Å². The van der Waals surface area contributed by atoms with Gasteiger partial charge in [0.25, 0.3) is 11.6 Å². The molecule has 0 N–H and O–H groups in total. The Labute approximate surface area is 122 Å². The van der Waals surface area contributed by atoms with Crippen LogP contribution >= 0.6 is 0 Å². The predicted molar refractivity (Wildman–Crippen MR) is 82.9 cm³/mol. The summed E-state index contributed by atoms with van der Waals surface area (Å²) in [6.45, 7) is 2.12. The number of fused-ring (bicyclic) bond motifs is 2. The molecular formula is C18H15N2O+. The molecule has 2 aromatic heterocycles. The topological polar surface area (TPSA) is 29.9 Å². The molecule has 2 aromatic carbocycles. The smallest absolute Gasteiger partial charge is 0.294 e. The van der Waals surface area contributed by atoms with Crippen LogP contribution in [0.2, 0.25) is 0 Å². The maximum Gasteiger partial charge on any atom is 0.294 e. The largest absolute Gasteiger partial charge is 0.432 e. The number of aryl methyl sites for hydroxylation is 2. The lowest BCUT2D eigenvalue weighted by Crippen LogP contribution is -2.32. The molecule has 0 spiro atoms. The van der Waals surface area contributed by atoms with E-state index in [-0.39, 0.29) is 0 Å². The summed E-state index contributed by atoms with van der Waals surface area (Å²) in [7, 11) is 2.05. The quantitative estimate of drug-likeness (QED) is 0.495. The standard InChI is InChI=1S/C18H15N2O/c1-12-11-16(20(2)15-9-5-3-7-13(12)15)18-19-14-8-4-6-10-17(14)21-18/h3-11H,1-2H3/q+1. The first-order valence-corrected chi connectivity index (χ1v) is 6.98. The van der Waals surface area contributed by atoms with Crippen molar-refractivity contribution >= 4 is 22.0 Å². The zero-order chi connectivity index (χ0) is 14.4. The number of para-hydroxylation sites is 3. The highest BCUT2D eigenvalue weighted by Gasteiger charge is 2.20. The van der Waals surface area contributed by atoms with Gasteiger partial charge < -0.3 is 4.42 Å². The highest BCUT2D eigenvalue weighted by molar-refractivity contribution is 5.81. The van der Waals surface area contributed by atoms with Crippen LogP contribution in [0, 0.1) is 6.92 Å². The number of nitrogens with zero attached hydrogens (tertiary/aromatic N) is 2. The molecule has 0 unspecified atom stereocenters. The lowest BCUT2D eigenvalue weighted by Gasteiger charge is -2.03. The van der Waals surface area contributed by atoms with Gasteiger partial charge in [0, 0.05) is 17.5 Å². The van der Waals surface area contributed by atoms with Gasteiger partial charge in [0.15, 0.2) is 5.58 Å². The molecule has 0 aliphatic rings. The van der Waals surface area contributed by atoms with E-state index in [1.807, 2.05) is 31.3 Å². The molecule has 0 aliphatic heterocycles. The molecule has 102 valence electrons. The molecule has 21 heavy (non-hydrogen) atoms. The first kappa shape index (κ1) is 12.1. The second-order valence-corrected chi connectivity index (χ2v) is 5.28. The van der Waals surface area contributed by atoms with Crippen molar-refractivity contribution in [2.24, 2.45) is 7.05 Å². The SMILES string of the molecule is Cc1cc(-c2nc3ccccc3o2)[n+](C)c2ccccc12. The van der Waals surface area contributed by atoms with Crippen molar-refractivity contribution in [2.75, 3.05) is 0 Å². The third-order valence-electron chi connectivity index (χ3n) is 3.92. The van der Waals surface area contributed by atoms with Gasteiger partial charge in [-0.1, -0.05) is 24.3 Å². The number of benzene rings is 2. The third-order valence-corrected chi connectivity index (χ3v) is 3.92. The van der Waals surface area contributed by atoms with Gasteiger partial charge in [-0.3, -0.25) is 0 Å². The van der Waals surface area contributed by atoms with Crippen molar-refractivity contribution in [1.82, 2.24) is 4.98 Å². The van der Waals surface area contributed by atoms with E-state index >= 15 is 0 Å². The molecule has 3 nitrogen and oxygen atoms in total. The molecule has 3 heteroatoms. The van der Waals surface area contributed by atoms with Crippen LogP contribution in [0.25, 0.3) is 33.6 Å². The fourth-order valence-electron chi connectivity index (χ4n) is 2.80. The molecule has 0 saturated heterocycles. The van der Waals surface area contributed by atoms with Crippen LogP contribution in [0.3, 0.4) is 0 Å². The number of rotatable bonds is 1. The van der Waals surface area contributed by atoms with Gasteiger partial charge in [-0.15, -0.1) is 0 Å². The molecule has 0 amide bonds. The zero-order valence-electron chi connectivity index (χ0n) is 12.0. The Bertz CT molecular complexity index is 936. The molecular weight excluding hydrogens is 260 g/mol. The van der Waals surface area contributed by atoms with Crippen molar-refractivity contribution in [3.05, 3.63) is 60.2 Å². The Morgan fingerprint density at radius 2 is 1.76 bits per heavy atom. The minimum absolute atomic E-state index is 0.660. The summed E-state index contributed by atoms with van der Waals surface area (Å²) in [6, 6.07) is 18.4. The lowest BCUT2D eigenvalue weighted by atomic mass is 10.1. The van der Waals surface area contributed by atoms with Crippen LogP contribution in [-0.2, 0) is 7.05 Å². The van der Waals surface area contributed by atoms with Crippen molar-refractivity contribution in [1.29, 1.82) is 0 Å². The number of hydrogen-bond donors (Lipinski definition) is 0. The Morgan fingerprint density at radius 1 is 1.00 bits per heavy atom. The maximum absolute atomic E-state index is 5.91. The summed E-state index contributed by atoms with van der Waals surface area (Å²) in [6.07, 6.45) is 0. The maximum atomic E-state index is 5.91. The average Bonchev–Trinajstić information content (AvgIpc) is 2.94. The van der Waals surface area contributed by atoms with Gasteiger partial charge in [0.2, 0.25) is 5.52 Å². The van der Waals surface area contributed by atoms with E-state index in [2.05, 4.69) is 46.8 Å². The fourth-order valence-corrected chi connectivity index (χ4v) is 2.80. The number of oxazole rings is 1. The van der Waals surface area contributed by atoms with Crippen LogP contribution in [0.1, 0.15) is 5.56 Å². The predicted octanol–water partition coefficient (Wildman–Crippen LogP) is 3.78. The van der Waals surface area contributed by atoms with E-state index in [0.29, 0.717) is 5.89 Å². The van der Waals surface area contributed by atoms with Crippen molar-refractivity contribution in [3.8, 4) is 11.6 Å². The van der Waals surface area contributed by atoms with Crippen LogP contribution in [0.4, 0.5) is 0 Å². The molecule has 0 fully saturated rings. The third kappa shape index (κ3) is 1.82. The minimum atomic E-state index is 0.660. The molecule has 0 aliphatic carbocycles. The molecule has 0 saturated carbocycles. The Kier molecular flexibility index (Phi) is 2.54. The summed E-state index contributed by atoms with van der Waals surface area (Å²) in [5.74, 6) is 0.660. The van der Waals surface area contributed by atoms with E-state index in [0.717, 1.165) is 16.8 Å². The van der Waals surface area contributed by atoms with E-state index in [1.54, 1.807) is 0 Å². The highest BCUT2D eigenvalue weighted by Crippen LogP contribution is 2.25. The summed E-state index contributed by atoms with van der Waals surface area (Å²) >= 11 is 0. The second kappa shape index (κ2) is 4.42. The summed E-state index contributed by atoms with van der Waals surface area (Å²) in [5.41, 5.74) is 5.09. The van der Waals surface area contributed by atoms with Crippen LogP contribution in [-0.4, -0.2) is 4.98 Å². The van der Waals surface area contributed by atoms with Crippen LogP contribution in [0.5, 0.6) is 0 Å². The highest BCUT2D eigenvalue weighted by atomic mass is 16.3. The second-order valence-electron chi connectivity index (χ2n) is 5.28. The molecule has 0 bridgehead atoms. The Morgan fingerprint density at radius 3 is 2.62 bits per heavy atom. The monoisotopic (exact) mass is 275 g/mol. The average molecular weight is 275 g/mol. The first-order chi connectivity index (χ1) is 10.2. The van der Waals surface area contributed by atoms with Crippen molar-refractivity contribution < 1.29 is 8.98 Å². The minimum Gasteiger partial charge on any atom is -0.432 e. The Balaban J connectivity index is 2.03. The van der Waals surface area contributed by atoms with Gasteiger partial charge in [-0.25, -0.2) is 4.98 Å². The molecule has 4 rings (SSSR count). The van der Waals surface area contributed by atoms with E-state index < -0.39 is 0 Å². The van der Waals surface area contributed by atoms with Crippen molar-refractivity contribution in [2.45, 2.75) is 6.92 Å². The van der Waals surface area contributed by atoms with Crippen LogP contribution < -0.4 is 4.57 Å². The molecule has 0 atom stereocenters. The fraction of sp³-hybridized carbons (Fsp3) is 0.111. The van der Waals surface area contributed by atoms with Crippen LogP contribution in [0.15, 0.2) is 59.0 Å². The van der Waals surface area contributed by atoms with Gasteiger partial charge in [-0.2, -0.15) is 4.57 Å². The lowest BCUT2D eigenvalue weighted by molar-refractivity contribution is -0.634. The molecule has 0 radical (unpaired) electrons. The normalized spacial score (nSPS) is 11.3. The molecule has 4 aromatic rings. The van der Waals surface area contributed by atoms with Crippen molar-refractivity contribution in [3.63, 3.8) is 0 Å². The van der Waals surface area contributed by atoms with Gasteiger partial charge in [0.1, 0.15) is 12.6 Å². The number of hydrogen-bond acceptors (Lipinski definition) is 2. The van der Waals surface area contributed by atoms with Gasteiger partial charge in [0.05, 0.1) is 0 Å².